The Morgan fingerprint density at radius 3 is 2.27 bits per heavy atom. The van der Waals surface area contributed by atoms with Crippen molar-refractivity contribution in [2.24, 2.45) is 0 Å². The van der Waals surface area contributed by atoms with Gasteiger partial charge in [0.2, 0.25) is 0 Å². The summed E-state index contributed by atoms with van der Waals surface area (Å²) < 4.78 is 2.08. The zero-order chi connectivity index (χ0) is 11.6. The topological polar surface area (TPSA) is 29.9 Å². The minimum absolute atomic E-state index is 0.427. The zero-order valence-electron chi connectivity index (χ0n) is 10.8. The summed E-state index contributed by atoms with van der Waals surface area (Å²) in [4.78, 5) is 0. The van der Waals surface area contributed by atoms with Crippen LogP contribution in [0, 0.1) is 13.8 Å². The van der Waals surface area contributed by atoms with Crippen molar-refractivity contribution >= 4 is 5.69 Å². The van der Waals surface area contributed by atoms with Gasteiger partial charge >= 0.3 is 0 Å². The average Bonchev–Trinajstić information content (AvgIpc) is 2.45. The van der Waals surface area contributed by atoms with Gasteiger partial charge in [0.25, 0.3) is 0 Å². The smallest absolute Gasteiger partial charge is 0.0828 e. The number of nitrogens with one attached hydrogen (secondary N) is 1. The summed E-state index contributed by atoms with van der Waals surface area (Å²) in [6.45, 7) is 12.9. The first kappa shape index (κ1) is 12.1. The Bertz CT molecular complexity index is 326. The molecular weight excluding hydrogens is 186 g/mol. The third kappa shape index (κ3) is 2.52. The van der Waals surface area contributed by atoms with Gasteiger partial charge in [0.15, 0.2) is 0 Å². The van der Waals surface area contributed by atoms with E-state index in [1.54, 1.807) is 0 Å². The molecule has 0 spiro atoms. The highest BCUT2D eigenvalue weighted by Gasteiger charge is 2.14. The Morgan fingerprint density at radius 1 is 1.27 bits per heavy atom. The van der Waals surface area contributed by atoms with E-state index in [0.717, 1.165) is 12.1 Å². The van der Waals surface area contributed by atoms with E-state index in [4.69, 9.17) is 0 Å². The fourth-order valence-electron chi connectivity index (χ4n) is 1.72. The molecule has 1 heterocycles. The van der Waals surface area contributed by atoms with Crippen molar-refractivity contribution in [1.29, 1.82) is 0 Å². The van der Waals surface area contributed by atoms with Crippen molar-refractivity contribution in [2.75, 3.05) is 5.32 Å². The van der Waals surface area contributed by atoms with Crippen LogP contribution in [0.4, 0.5) is 5.69 Å². The minimum Gasteiger partial charge on any atom is -0.380 e. The van der Waals surface area contributed by atoms with E-state index in [9.17, 15) is 0 Å². The molecule has 3 nitrogen and oxygen atoms in total. The first-order chi connectivity index (χ1) is 6.97. The van der Waals surface area contributed by atoms with Crippen molar-refractivity contribution in [1.82, 2.24) is 9.78 Å². The molecule has 1 rings (SSSR count). The van der Waals surface area contributed by atoms with E-state index in [1.165, 1.54) is 11.4 Å². The summed E-state index contributed by atoms with van der Waals surface area (Å²) in [5.74, 6) is 0. The molecule has 86 valence electrons. The Kier molecular flexibility index (Phi) is 3.77. The second kappa shape index (κ2) is 4.69. The quantitative estimate of drug-likeness (QED) is 0.824. The van der Waals surface area contributed by atoms with E-state index in [1.807, 2.05) is 0 Å². The van der Waals surface area contributed by atoms with Gasteiger partial charge in [-0.25, -0.2) is 0 Å². The molecule has 1 N–H and O–H groups in total. The van der Waals surface area contributed by atoms with E-state index < -0.39 is 0 Å². The molecule has 0 bridgehead atoms. The van der Waals surface area contributed by atoms with Crippen LogP contribution in [0.2, 0.25) is 0 Å². The molecule has 3 heteroatoms. The summed E-state index contributed by atoms with van der Waals surface area (Å²) in [6.07, 6.45) is 1.13. The predicted molar refractivity (Wildman–Crippen MR) is 65.5 cm³/mol. The highest BCUT2D eigenvalue weighted by atomic mass is 15.3. The molecule has 1 unspecified atom stereocenters. The normalized spacial score (nSPS) is 13.3. The lowest BCUT2D eigenvalue weighted by Crippen LogP contribution is -2.14. The van der Waals surface area contributed by atoms with Gasteiger partial charge in [0, 0.05) is 12.1 Å². The third-order valence-corrected chi connectivity index (χ3v) is 2.82. The van der Waals surface area contributed by atoms with Gasteiger partial charge in [-0.2, -0.15) is 5.10 Å². The fourth-order valence-corrected chi connectivity index (χ4v) is 1.72. The van der Waals surface area contributed by atoms with Crippen LogP contribution in [0.15, 0.2) is 0 Å². The van der Waals surface area contributed by atoms with Gasteiger partial charge in [-0.15, -0.1) is 0 Å². The largest absolute Gasteiger partial charge is 0.380 e. The standard InChI is InChI=1S/C12H23N3/c1-7-9(4)13-12-10(5)14-15(8(2)3)11(12)6/h8-9,13H,7H2,1-6H3. The molecule has 0 amide bonds. The first-order valence-corrected chi connectivity index (χ1v) is 5.79. The van der Waals surface area contributed by atoms with E-state index in [0.29, 0.717) is 12.1 Å². The number of hydrogen-bond acceptors (Lipinski definition) is 2. The van der Waals surface area contributed by atoms with Crippen molar-refractivity contribution in [3.8, 4) is 0 Å². The maximum absolute atomic E-state index is 4.55. The SMILES string of the molecule is CCC(C)Nc1c(C)nn(C(C)C)c1C. The van der Waals surface area contributed by atoms with E-state index in [2.05, 4.69) is 56.6 Å². The first-order valence-electron chi connectivity index (χ1n) is 5.79. The maximum Gasteiger partial charge on any atom is 0.0828 e. The number of nitrogens with zero attached hydrogens (tertiary/aromatic N) is 2. The number of rotatable bonds is 4. The summed E-state index contributed by atoms with van der Waals surface area (Å²) in [5.41, 5.74) is 3.54. The summed E-state index contributed by atoms with van der Waals surface area (Å²) in [7, 11) is 0. The summed E-state index contributed by atoms with van der Waals surface area (Å²) >= 11 is 0. The molecular formula is C12H23N3. The van der Waals surface area contributed by atoms with Gasteiger partial charge in [-0.1, -0.05) is 6.92 Å². The second-order valence-corrected chi connectivity index (χ2v) is 4.54. The van der Waals surface area contributed by atoms with Gasteiger partial charge < -0.3 is 5.32 Å². The number of anilines is 1. The van der Waals surface area contributed by atoms with Gasteiger partial charge in [0.1, 0.15) is 0 Å². The van der Waals surface area contributed by atoms with Crippen LogP contribution in [0.25, 0.3) is 0 Å². The summed E-state index contributed by atoms with van der Waals surface area (Å²) in [6, 6.07) is 0.934. The van der Waals surface area contributed by atoms with Crippen molar-refractivity contribution in [2.45, 2.75) is 60.0 Å². The van der Waals surface area contributed by atoms with Crippen LogP contribution in [-0.2, 0) is 0 Å². The Morgan fingerprint density at radius 2 is 1.87 bits per heavy atom. The van der Waals surface area contributed by atoms with Crippen LogP contribution < -0.4 is 5.32 Å². The molecule has 0 aliphatic heterocycles. The third-order valence-electron chi connectivity index (χ3n) is 2.82. The number of aromatic nitrogens is 2. The van der Waals surface area contributed by atoms with Crippen LogP contribution in [0.1, 0.15) is 51.5 Å². The van der Waals surface area contributed by atoms with Crippen molar-refractivity contribution in [3.05, 3.63) is 11.4 Å². The zero-order valence-corrected chi connectivity index (χ0v) is 10.8. The van der Waals surface area contributed by atoms with Gasteiger partial charge in [0.05, 0.1) is 17.1 Å². The van der Waals surface area contributed by atoms with Gasteiger partial charge in [-0.05, 0) is 41.0 Å². The van der Waals surface area contributed by atoms with E-state index >= 15 is 0 Å². The maximum atomic E-state index is 4.55. The molecule has 0 saturated heterocycles. The Labute approximate surface area is 92.9 Å². The molecule has 0 fully saturated rings. The fraction of sp³-hybridized carbons (Fsp3) is 0.750. The lowest BCUT2D eigenvalue weighted by Gasteiger charge is -2.14. The van der Waals surface area contributed by atoms with Crippen LogP contribution >= 0.6 is 0 Å². The molecule has 0 aliphatic carbocycles. The Hall–Kier alpha value is -0.990. The van der Waals surface area contributed by atoms with Crippen molar-refractivity contribution < 1.29 is 0 Å². The molecule has 0 saturated carbocycles. The molecule has 0 radical (unpaired) electrons. The van der Waals surface area contributed by atoms with Gasteiger partial charge in [-0.3, -0.25) is 4.68 Å². The molecule has 0 aromatic carbocycles. The Balaban J connectivity index is 2.97. The second-order valence-electron chi connectivity index (χ2n) is 4.54. The highest BCUT2D eigenvalue weighted by Crippen LogP contribution is 2.23. The molecule has 0 aliphatic rings. The number of aryl methyl sites for hydroxylation is 1. The van der Waals surface area contributed by atoms with E-state index in [-0.39, 0.29) is 0 Å². The monoisotopic (exact) mass is 209 g/mol. The lowest BCUT2D eigenvalue weighted by molar-refractivity contribution is 0.516. The molecule has 1 aromatic heterocycles. The molecule has 15 heavy (non-hydrogen) atoms. The highest BCUT2D eigenvalue weighted by molar-refractivity contribution is 5.52. The molecule has 1 atom stereocenters. The number of hydrogen-bond donors (Lipinski definition) is 1. The predicted octanol–water partition coefficient (Wildman–Crippen LogP) is 3.29. The van der Waals surface area contributed by atoms with Crippen LogP contribution in [-0.4, -0.2) is 15.8 Å². The summed E-state index contributed by atoms with van der Waals surface area (Å²) in [5, 5.41) is 8.07. The van der Waals surface area contributed by atoms with Crippen LogP contribution in [0.3, 0.4) is 0 Å². The minimum atomic E-state index is 0.427. The van der Waals surface area contributed by atoms with Crippen LogP contribution in [0.5, 0.6) is 0 Å². The molecule has 1 aromatic rings. The van der Waals surface area contributed by atoms with Crippen molar-refractivity contribution in [3.63, 3.8) is 0 Å². The lowest BCUT2D eigenvalue weighted by atomic mass is 10.2. The average molecular weight is 209 g/mol.